The molecule has 0 radical (unpaired) electrons. The molecule has 0 aliphatic rings. The van der Waals surface area contributed by atoms with Crippen LogP contribution >= 0.6 is 11.6 Å². The third kappa shape index (κ3) is 5.69. The largest absolute Gasteiger partial charge is 0.352 e. The lowest BCUT2D eigenvalue weighted by Crippen LogP contribution is -2.38. The van der Waals surface area contributed by atoms with E-state index in [1.807, 2.05) is 36.2 Å². The van der Waals surface area contributed by atoms with Gasteiger partial charge in [0.05, 0.1) is 4.90 Å². The van der Waals surface area contributed by atoms with Crippen molar-refractivity contribution < 1.29 is 8.42 Å². The van der Waals surface area contributed by atoms with Gasteiger partial charge in [-0.15, -0.1) is 0 Å². The van der Waals surface area contributed by atoms with E-state index >= 15 is 0 Å². The fourth-order valence-corrected chi connectivity index (χ4v) is 3.52. The smallest absolute Gasteiger partial charge is 0.242 e. The lowest BCUT2D eigenvalue weighted by atomic mass is 10.2. The minimum absolute atomic E-state index is 0.278. The number of nitrogens with zero attached hydrogens (tertiary/aromatic N) is 3. The Kier molecular flexibility index (Phi) is 7.24. The highest BCUT2D eigenvalue weighted by atomic mass is 35.5. The third-order valence-corrected chi connectivity index (χ3v) is 6.14. The van der Waals surface area contributed by atoms with Gasteiger partial charge in [0.1, 0.15) is 0 Å². The zero-order valence-electron chi connectivity index (χ0n) is 16.0. The molecular weight excluding hydrogens is 384 g/mol. The van der Waals surface area contributed by atoms with Gasteiger partial charge in [-0.3, -0.25) is 4.99 Å². The lowest BCUT2D eigenvalue weighted by Gasteiger charge is -2.22. The molecule has 0 spiro atoms. The Hall–Kier alpha value is -2.09. The lowest BCUT2D eigenvalue weighted by molar-refractivity contribution is 0.476. The molecule has 0 aliphatic carbocycles. The second-order valence-electron chi connectivity index (χ2n) is 6.31. The van der Waals surface area contributed by atoms with Gasteiger partial charge in [0.25, 0.3) is 0 Å². The average Bonchev–Trinajstić information content (AvgIpc) is 2.64. The molecule has 8 heteroatoms. The minimum Gasteiger partial charge on any atom is -0.352 e. The molecule has 27 heavy (non-hydrogen) atoms. The summed E-state index contributed by atoms with van der Waals surface area (Å²) in [7, 11) is 3.31. The molecule has 0 atom stereocenters. The molecule has 146 valence electrons. The van der Waals surface area contributed by atoms with Crippen molar-refractivity contribution in [1.29, 1.82) is 0 Å². The molecule has 0 heterocycles. The molecule has 1 N–H and O–H groups in total. The Balaban J connectivity index is 1.98. The normalized spacial score (nSPS) is 12.3. The van der Waals surface area contributed by atoms with Crippen molar-refractivity contribution >= 4 is 27.6 Å². The standard InChI is InChI=1S/C19H25ClN4O2S/c1-21-19(24(4)14-16-5-9-17(20)10-6-16)22-13-15-7-11-18(12-8-15)27(25,26)23(2)3/h5-12H,13-14H2,1-4H3,(H,21,22). The van der Waals surface area contributed by atoms with Gasteiger partial charge in [0.2, 0.25) is 10.0 Å². The van der Waals surface area contributed by atoms with Gasteiger partial charge in [-0.2, -0.15) is 0 Å². The van der Waals surface area contributed by atoms with Crippen molar-refractivity contribution in [3.8, 4) is 0 Å². The van der Waals surface area contributed by atoms with E-state index in [1.165, 1.54) is 18.4 Å². The predicted octanol–water partition coefficient (Wildman–Crippen LogP) is 2.80. The van der Waals surface area contributed by atoms with Crippen molar-refractivity contribution in [2.45, 2.75) is 18.0 Å². The number of nitrogens with one attached hydrogen (secondary N) is 1. The van der Waals surface area contributed by atoms with Crippen molar-refractivity contribution in [3.63, 3.8) is 0 Å². The van der Waals surface area contributed by atoms with Gasteiger partial charge >= 0.3 is 0 Å². The number of sulfonamides is 1. The zero-order valence-corrected chi connectivity index (χ0v) is 17.5. The van der Waals surface area contributed by atoms with E-state index in [1.54, 1.807) is 31.3 Å². The number of hydrogen-bond donors (Lipinski definition) is 1. The number of hydrogen-bond acceptors (Lipinski definition) is 3. The van der Waals surface area contributed by atoms with E-state index in [0.29, 0.717) is 18.1 Å². The number of benzene rings is 2. The Bertz CT molecular complexity index is 879. The summed E-state index contributed by atoms with van der Waals surface area (Å²) in [5.41, 5.74) is 2.09. The van der Waals surface area contributed by atoms with Crippen LogP contribution in [0.4, 0.5) is 0 Å². The third-order valence-electron chi connectivity index (χ3n) is 4.06. The van der Waals surface area contributed by atoms with Crippen molar-refractivity contribution in [2.24, 2.45) is 4.99 Å². The maximum absolute atomic E-state index is 12.1. The summed E-state index contributed by atoms with van der Waals surface area (Å²) in [6, 6.07) is 14.5. The van der Waals surface area contributed by atoms with Crippen molar-refractivity contribution in [2.75, 3.05) is 28.2 Å². The van der Waals surface area contributed by atoms with Crippen LogP contribution in [0.15, 0.2) is 58.4 Å². The van der Waals surface area contributed by atoms with Crippen LogP contribution in [0.5, 0.6) is 0 Å². The van der Waals surface area contributed by atoms with Crippen LogP contribution in [0.2, 0.25) is 5.02 Å². The minimum atomic E-state index is -3.41. The van der Waals surface area contributed by atoms with E-state index in [4.69, 9.17) is 11.6 Å². The number of rotatable bonds is 6. The quantitative estimate of drug-likeness (QED) is 0.589. The van der Waals surface area contributed by atoms with E-state index in [0.717, 1.165) is 17.1 Å². The number of aliphatic imine (C=N–C) groups is 1. The first kappa shape index (κ1) is 21.2. The zero-order chi connectivity index (χ0) is 20.0. The highest BCUT2D eigenvalue weighted by Gasteiger charge is 2.16. The van der Waals surface area contributed by atoms with Gasteiger partial charge < -0.3 is 10.2 Å². The van der Waals surface area contributed by atoms with E-state index < -0.39 is 10.0 Å². The van der Waals surface area contributed by atoms with Crippen LogP contribution < -0.4 is 5.32 Å². The monoisotopic (exact) mass is 408 g/mol. The van der Waals surface area contributed by atoms with Crippen LogP contribution in [0.3, 0.4) is 0 Å². The number of halogens is 1. The van der Waals surface area contributed by atoms with Gasteiger partial charge in [0.15, 0.2) is 5.96 Å². The molecule has 0 fully saturated rings. The molecule has 6 nitrogen and oxygen atoms in total. The second kappa shape index (κ2) is 9.21. The first-order chi connectivity index (χ1) is 12.7. The number of guanidine groups is 1. The summed E-state index contributed by atoms with van der Waals surface area (Å²) < 4.78 is 25.4. The van der Waals surface area contributed by atoms with Crippen molar-refractivity contribution in [3.05, 3.63) is 64.7 Å². The molecule has 2 aromatic carbocycles. The molecule has 2 rings (SSSR count). The topological polar surface area (TPSA) is 65.0 Å². The Labute approximate surface area is 166 Å². The average molecular weight is 409 g/mol. The molecular formula is C19H25ClN4O2S. The molecule has 0 amide bonds. The van der Waals surface area contributed by atoms with Crippen LogP contribution in [-0.4, -0.2) is 51.8 Å². The van der Waals surface area contributed by atoms with Gasteiger partial charge in [-0.05, 0) is 35.4 Å². The van der Waals surface area contributed by atoms with E-state index in [9.17, 15) is 8.42 Å². The van der Waals surface area contributed by atoms with Crippen LogP contribution in [-0.2, 0) is 23.1 Å². The highest BCUT2D eigenvalue weighted by molar-refractivity contribution is 7.89. The van der Waals surface area contributed by atoms with Crippen LogP contribution in [0, 0.1) is 0 Å². The summed E-state index contributed by atoms with van der Waals surface area (Å²) in [6.45, 7) is 1.23. The van der Waals surface area contributed by atoms with Gasteiger partial charge in [0, 0.05) is 46.3 Å². The Morgan fingerprint density at radius 3 is 2.07 bits per heavy atom. The van der Waals surface area contributed by atoms with E-state index in [-0.39, 0.29) is 4.90 Å². The molecule has 0 aliphatic heterocycles. The maximum Gasteiger partial charge on any atom is 0.242 e. The summed E-state index contributed by atoms with van der Waals surface area (Å²) in [6.07, 6.45) is 0. The van der Waals surface area contributed by atoms with Crippen LogP contribution in [0.25, 0.3) is 0 Å². The van der Waals surface area contributed by atoms with Gasteiger partial charge in [-0.25, -0.2) is 12.7 Å². The van der Waals surface area contributed by atoms with Gasteiger partial charge in [-0.1, -0.05) is 35.9 Å². The molecule has 0 aromatic heterocycles. The molecule has 0 bridgehead atoms. The summed E-state index contributed by atoms with van der Waals surface area (Å²) >= 11 is 5.92. The molecule has 0 unspecified atom stereocenters. The summed E-state index contributed by atoms with van der Waals surface area (Å²) in [5, 5.41) is 4.00. The summed E-state index contributed by atoms with van der Waals surface area (Å²) in [4.78, 5) is 6.59. The second-order valence-corrected chi connectivity index (χ2v) is 8.90. The fourth-order valence-electron chi connectivity index (χ4n) is 2.49. The Morgan fingerprint density at radius 1 is 1.00 bits per heavy atom. The molecule has 0 saturated heterocycles. The first-order valence-corrected chi connectivity index (χ1v) is 10.2. The predicted molar refractivity (Wildman–Crippen MR) is 110 cm³/mol. The van der Waals surface area contributed by atoms with Crippen molar-refractivity contribution in [1.82, 2.24) is 14.5 Å². The highest BCUT2D eigenvalue weighted by Crippen LogP contribution is 2.14. The summed E-state index contributed by atoms with van der Waals surface area (Å²) in [5.74, 6) is 0.745. The van der Waals surface area contributed by atoms with E-state index in [2.05, 4.69) is 10.3 Å². The first-order valence-electron chi connectivity index (χ1n) is 8.41. The SMILES string of the molecule is CN=C(NCc1ccc(S(=O)(=O)N(C)C)cc1)N(C)Cc1ccc(Cl)cc1. The molecule has 0 saturated carbocycles. The molecule has 2 aromatic rings. The Morgan fingerprint density at radius 2 is 1.56 bits per heavy atom. The maximum atomic E-state index is 12.1. The fraction of sp³-hybridized carbons (Fsp3) is 0.316. The van der Waals surface area contributed by atoms with Crippen LogP contribution in [0.1, 0.15) is 11.1 Å².